The number of phenolic OH excluding ortho intramolecular Hbond substituents is 1. The number of para-hydroxylation sites is 1. The Kier molecular flexibility index (Phi) is 12.5. The van der Waals surface area contributed by atoms with Crippen LogP contribution in [0, 0.1) is 38.5 Å². The largest absolute Gasteiger partial charge is 0.508 e. The van der Waals surface area contributed by atoms with Gasteiger partial charge in [0, 0.05) is 34.9 Å². The number of nitrogens with zero attached hydrogens (tertiary/aromatic N) is 6. The third kappa shape index (κ3) is 8.50. The number of hydrogen-bond donors (Lipinski definition) is 5. The number of aliphatic imine (C=N–C) groups is 1. The highest BCUT2D eigenvalue weighted by molar-refractivity contribution is 7.15. The van der Waals surface area contributed by atoms with E-state index in [9.17, 15) is 24.9 Å². The van der Waals surface area contributed by atoms with Crippen LogP contribution in [0.1, 0.15) is 103 Å². The van der Waals surface area contributed by atoms with Gasteiger partial charge < -0.3 is 30.9 Å². The molecule has 66 heavy (non-hydrogen) atoms. The first-order valence-electron chi connectivity index (χ1n) is 21.9. The number of phenols is 1. The number of carbonyl (C=O) groups is 4. The predicted molar refractivity (Wildman–Crippen MR) is 253 cm³/mol. The van der Waals surface area contributed by atoms with E-state index in [1.165, 1.54) is 16.2 Å². The lowest BCUT2D eigenvalue weighted by Crippen LogP contribution is -2.60. The molecular weight excluding hydrogens is 877 g/mol. The molecule has 5 aromatic rings. The van der Waals surface area contributed by atoms with Gasteiger partial charge in [-0.1, -0.05) is 87.5 Å². The number of carboxylic acid groups (broad SMARTS) is 1. The van der Waals surface area contributed by atoms with Gasteiger partial charge in [0.25, 0.3) is 0 Å². The van der Waals surface area contributed by atoms with Gasteiger partial charge in [-0.05, 0) is 62.8 Å². The van der Waals surface area contributed by atoms with Gasteiger partial charge in [0.15, 0.2) is 5.82 Å². The first-order valence-corrected chi connectivity index (χ1v) is 23.6. The second kappa shape index (κ2) is 17.8. The fraction of sp³-hybridized carbons (Fsp3) is 0.388. The van der Waals surface area contributed by atoms with Gasteiger partial charge >= 0.3 is 5.97 Å². The molecule has 1 fully saturated rings. The summed E-state index contributed by atoms with van der Waals surface area (Å²) in [5.74, 6) is -2.28. The van der Waals surface area contributed by atoms with E-state index in [-0.39, 0.29) is 24.4 Å². The summed E-state index contributed by atoms with van der Waals surface area (Å²) in [5.41, 5.74) is 4.27. The first kappa shape index (κ1) is 46.2. The van der Waals surface area contributed by atoms with Crippen molar-refractivity contribution in [2.45, 2.75) is 104 Å². The zero-order valence-corrected chi connectivity index (χ0v) is 39.7. The van der Waals surface area contributed by atoms with Crippen LogP contribution < -0.4 is 10.6 Å². The molecule has 17 heteroatoms. The Balaban J connectivity index is 1.15. The third-order valence-electron chi connectivity index (χ3n) is 12.8. The van der Waals surface area contributed by atoms with E-state index in [1.54, 1.807) is 66.3 Å². The number of thiazole rings is 1. The number of carbonyl (C=O) groups excluding carboxylic acids is 3. The van der Waals surface area contributed by atoms with Crippen molar-refractivity contribution in [2.75, 3.05) is 6.54 Å². The standard InChI is InChI=1S/C49H54N8O7S2/c1-25-28(4)66-46-39(25)41(52-35(22-38(60)61)43-55-54-29(5)57(43)46)49(19-17-31(18-20-49)34-11-9-10-12-37(34)59)47(64)53-42(48(6,7)8)45(63)56-23-33(58)21-36(56)44(62)51-26(2)30-13-15-32(16-14-30)40-27(3)50-24-65-40/h9-20,24,26,31,33,35-36,42,58-59H,21-23H2,1-8H3,(H,51,62)(H,53,64)(H,60,61)/t26-,31?,33+,35-,36-,42+,49?/m0/s1. The maximum Gasteiger partial charge on any atom is 0.306 e. The minimum absolute atomic E-state index is 0.00622. The van der Waals surface area contributed by atoms with Crippen LogP contribution in [0.2, 0.25) is 0 Å². The van der Waals surface area contributed by atoms with Crippen molar-refractivity contribution in [1.29, 1.82) is 0 Å². The monoisotopic (exact) mass is 930 g/mol. The van der Waals surface area contributed by atoms with Crippen molar-refractivity contribution in [3.63, 3.8) is 0 Å². The van der Waals surface area contributed by atoms with Crippen LogP contribution in [-0.4, -0.2) is 94.1 Å². The highest BCUT2D eigenvalue weighted by Gasteiger charge is 2.50. The van der Waals surface area contributed by atoms with E-state index in [1.807, 2.05) is 83.4 Å². The summed E-state index contributed by atoms with van der Waals surface area (Å²) in [6.45, 7) is 14.8. The topological polar surface area (TPSA) is 212 Å². The summed E-state index contributed by atoms with van der Waals surface area (Å²) >= 11 is 3.01. The minimum Gasteiger partial charge on any atom is -0.508 e. The van der Waals surface area contributed by atoms with E-state index >= 15 is 9.59 Å². The lowest BCUT2D eigenvalue weighted by Gasteiger charge is -2.39. The quantitative estimate of drug-likeness (QED) is 0.0858. The minimum atomic E-state index is -1.73. The number of aliphatic carboxylic acids is 1. The fourth-order valence-electron chi connectivity index (χ4n) is 9.08. The number of benzene rings is 2. The van der Waals surface area contributed by atoms with Crippen LogP contribution in [0.15, 0.2) is 83.3 Å². The summed E-state index contributed by atoms with van der Waals surface area (Å²) in [6.07, 6.45) is 5.59. The van der Waals surface area contributed by atoms with Gasteiger partial charge in [-0.3, -0.25) is 28.7 Å². The second-order valence-electron chi connectivity index (χ2n) is 18.5. The molecule has 1 aliphatic carbocycles. The Morgan fingerprint density at radius 3 is 2.30 bits per heavy atom. The zero-order valence-electron chi connectivity index (χ0n) is 38.1. The molecule has 3 amide bonds. The van der Waals surface area contributed by atoms with Crippen LogP contribution in [0.3, 0.4) is 0 Å². The number of aliphatic hydroxyl groups excluding tert-OH is 1. The molecular formula is C49H54N8O7S2. The van der Waals surface area contributed by atoms with Gasteiger partial charge in [0.2, 0.25) is 17.7 Å². The Bertz CT molecular complexity index is 2800. The lowest BCUT2D eigenvalue weighted by molar-refractivity contribution is -0.144. The maximum atomic E-state index is 15.7. The Morgan fingerprint density at radius 1 is 0.970 bits per heavy atom. The number of aromatic hydroxyl groups is 1. The molecule has 0 bridgehead atoms. The zero-order chi connectivity index (χ0) is 47.4. The summed E-state index contributed by atoms with van der Waals surface area (Å²) in [5, 5.41) is 47.6. The van der Waals surface area contributed by atoms with Crippen molar-refractivity contribution in [3.8, 4) is 21.2 Å². The molecule has 0 unspecified atom stereocenters. The summed E-state index contributed by atoms with van der Waals surface area (Å²) in [6, 6.07) is 11.1. The number of aliphatic hydroxyl groups is 1. The van der Waals surface area contributed by atoms with E-state index in [0.29, 0.717) is 27.8 Å². The smallest absolute Gasteiger partial charge is 0.306 e. The van der Waals surface area contributed by atoms with Crippen LogP contribution in [0.5, 0.6) is 5.75 Å². The molecule has 5 atom stereocenters. The fourth-order valence-corrected chi connectivity index (χ4v) is 11.1. The molecule has 0 spiro atoms. The van der Waals surface area contributed by atoms with E-state index < -0.39 is 77.1 Å². The molecule has 344 valence electrons. The van der Waals surface area contributed by atoms with Crippen molar-refractivity contribution in [1.82, 2.24) is 35.3 Å². The summed E-state index contributed by atoms with van der Waals surface area (Å²) < 4.78 is 1.81. The number of nitrogens with one attached hydrogen (secondary N) is 2. The number of β-amino-alcohol motifs (C(OH)–C–C–N with tert-alkyl or cyclic N) is 1. The number of allylic oxidation sites excluding steroid dienone is 2. The number of rotatable bonds is 11. The Morgan fingerprint density at radius 2 is 1.67 bits per heavy atom. The van der Waals surface area contributed by atoms with E-state index in [0.717, 1.165) is 32.1 Å². The van der Waals surface area contributed by atoms with Gasteiger partial charge in [-0.2, -0.15) is 0 Å². The average Bonchev–Trinajstić information content (AvgIpc) is 4.04. The van der Waals surface area contributed by atoms with Gasteiger partial charge in [0.1, 0.15) is 40.1 Å². The predicted octanol–water partition coefficient (Wildman–Crippen LogP) is 6.98. The molecule has 1 saturated heterocycles. The summed E-state index contributed by atoms with van der Waals surface area (Å²) in [4.78, 5) is 70.1. The van der Waals surface area contributed by atoms with Crippen molar-refractivity contribution in [2.24, 2.45) is 15.8 Å². The molecule has 2 aliphatic heterocycles. The van der Waals surface area contributed by atoms with Crippen molar-refractivity contribution >= 4 is 52.1 Å². The number of carboxylic acids is 1. The molecule has 3 aliphatic rings. The van der Waals surface area contributed by atoms with Crippen LogP contribution in [-0.2, 0) is 19.2 Å². The first-order chi connectivity index (χ1) is 31.3. The van der Waals surface area contributed by atoms with Crippen LogP contribution in [0.4, 0.5) is 0 Å². The second-order valence-corrected chi connectivity index (χ2v) is 20.5. The number of thiophene rings is 1. The third-order valence-corrected chi connectivity index (χ3v) is 15.0. The lowest BCUT2D eigenvalue weighted by atomic mass is 9.72. The Labute approximate surface area is 391 Å². The molecule has 5 N–H and O–H groups in total. The SMILES string of the molecule is Cc1ncsc1-c1ccc([C@H](C)NC(=O)[C@@H]2C[C@@H](O)CN2C(=O)[C@@H](NC(=O)C2(C3=N[C@@H](CC(=O)O)c4nnc(C)n4-c4sc(C)c(C)c43)C=CC(c3ccccc3O)C=C2)C(C)(C)C)cc1. The number of aryl methyl sites for hydroxylation is 3. The number of hydrogen-bond acceptors (Lipinski definition) is 12. The van der Waals surface area contributed by atoms with Crippen molar-refractivity contribution in [3.05, 3.63) is 123 Å². The molecule has 2 aromatic carbocycles. The van der Waals surface area contributed by atoms with Gasteiger partial charge in [0.05, 0.1) is 40.4 Å². The normalized spacial score (nSPS) is 22.2. The highest BCUT2D eigenvalue weighted by atomic mass is 32.1. The molecule has 5 heterocycles. The van der Waals surface area contributed by atoms with Gasteiger partial charge in [-0.25, -0.2) is 4.98 Å². The maximum absolute atomic E-state index is 15.7. The Hall–Kier alpha value is -6.30. The molecule has 15 nitrogen and oxygen atoms in total. The average molecular weight is 931 g/mol. The molecule has 8 rings (SSSR count). The van der Waals surface area contributed by atoms with E-state index in [2.05, 4.69) is 25.8 Å². The van der Waals surface area contributed by atoms with Gasteiger partial charge in [-0.15, -0.1) is 32.9 Å². The van der Waals surface area contributed by atoms with Crippen LogP contribution in [0.25, 0.3) is 15.4 Å². The molecule has 0 saturated carbocycles. The molecule has 3 aromatic heterocycles. The molecule has 0 radical (unpaired) electrons. The van der Waals surface area contributed by atoms with E-state index in [4.69, 9.17) is 4.99 Å². The summed E-state index contributed by atoms with van der Waals surface area (Å²) in [7, 11) is 0. The number of likely N-dealkylation sites (tertiary alicyclic amines) is 1. The number of amides is 3. The number of fused-ring (bicyclic) bond motifs is 3. The highest BCUT2D eigenvalue weighted by Crippen LogP contribution is 2.46. The number of aromatic nitrogens is 4. The van der Waals surface area contributed by atoms with Crippen LogP contribution >= 0.6 is 22.7 Å². The van der Waals surface area contributed by atoms with Crippen molar-refractivity contribution < 1.29 is 34.5 Å².